The lowest BCUT2D eigenvalue weighted by atomic mass is 9.79. The Morgan fingerprint density at radius 2 is 1.48 bits per heavy atom. The maximum absolute atomic E-state index is 4.35. The van der Waals surface area contributed by atoms with E-state index in [1.165, 1.54) is 16.7 Å². The van der Waals surface area contributed by atoms with Crippen LogP contribution in [0.15, 0.2) is 24.4 Å². The third kappa shape index (κ3) is 7.27. The lowest BCUT2D eigenvalue weighted by Crippen LogP contribution is -2.17. The number of benzene rings is 1. The maximum Gasteiger partial charge on any atom is 0.0827 e. The average molecular weight is 393 g/mol. The van der Waals surface area contributed by atoms with Gasteiger partial charge in [-0.25, -0.2) is 4.68 Å². The van der Waals surface area contributed by atoms with Crippen molar-refractivity contribution in [3.8, 4) is 0 Å². The summed E-state index contributed by atoms with van der Waals surface area (Å²) in [6, 6.07) is 7.00. The summed E-state index contributed by atoms with van der Waals surface area (Å²) >= 11 is 0. The molecule has 0 unspecified atom stereocenters. The monoisotopic (exact) mass is 392 g/mol. The largest absolute Gasteiger partial charge is 0.309 e. The van der Waals surface area contributed by atoms with Crippen LogP contribution in [0.2, 0.25) is 0 Å². The fraction of sp³-hybridized carbons (Fsp3) is 0.636. The molecular weight excluding hydrogens is 356 g/mol. The van der Waals surface area contributed by atoms with Gasteiger partial charge in [0.15, 0.2) is 0 Å². The molecular formula is C22H37ClN4. The van der Waals surface area contributed by atoms with E-state index in [2.05, 4.69) is 95.2 Å². The van der Waals surface area contributed by atoms with E-state index in [9.17, 15) is 0 Å². The zero-order chi connectivity index (χ0) is 19.5. The highest BCUT2D eigenvalue weighted by Gasteiger charge is 2.20. The van der Waals surface area contributed by atoms with Gasteiger partial charge in [0.1, 0.15) is 0 Å². The minimum Gasteiger partial charge on any atom is -0.309 e. The number of nitrogens with zero attached hydrogens (tertiary/aromatic N) is 4. The molecule has 0 saturated heterocycles. The van der Waals surface area contributed by atoms with Gasteiger partial charge in [-0.1, -0.05) is 65.0 Å². The van der Waals surface area contributed by atoms with Gasteiger partial charge in [-0.15, -0.1) is 17.5 Å². The summed E-state index contributed by atoms with van der Waals surface area (Å²) < 4.78 is 1.97. The Kier molecular flexibility index (Phi) is 8.06. The fourth-order valence-corrected chi connectivity index (χ4v) is 2.94. The van der Waals surface area contributed by atoms with Crippen LogP contribution in [0.3, 0.4) is 0 Å². The second kappa shape index (κ2) is 9.20. The van der Waals surface area contributed by atoms with Gasteiger partial charge in [0, 0.05) is 6.20 Å². The maximum atomic E-state index is 4.35. The molecule has 0 fully saturated rings. The van der Waals surface area contributed by atoms with Crippen LogP contribution in [0.4, 0.5) is 0 Å². The summed E-state index contributed by atoms with van der Waals surface area (Å²) in [7, 11) is 4.21. The minimum atomic E-state index is 0. The molecule has 0 radical (unpaired) electrons. The predicted octanol–water partition coefficient (Wildman–Crippen LogP) is 4.84. The Balaban J connectivity index is 0.00000364. The molecule has 152 valence electrons. The standard InChI is InChI=1S/C22H36N4.ClH/c1-21(2,3)18-12-17(13-19(14-18)22(4,5)6)15-26-16-20(23-24-26)10-9-11-25(7)8;/h12-14,16H,9-11,15H2,1-8H3;1H. The van der Waals surface area contributed by atoms with Crippen LogP contribution in [-0.2, 0) is 23.8 Å². The van der Waals surface area contributed by atoms with Gasteiger partial charge in [-0.05, 0) is 61.0 Å². The second-order valence-corrected chi connectivity index (χ2v) is 9.73. The molecule has 1 heterocycles. The molecule has 0 bridgehead atoms. The summed E-state index contributed by atoms with van der Waals surface area (Å²) in [4.78, 5) is 2.20. The zero-order valence-electron chi connectivity index (χ0n) is 18.3. The molecule has 0 atom stereocenters. The third-order valence-electron chi connectivity index (χ3n) is 4.69. The lowest BCUT2D eigenvalue weighted by molar-refractivity contribution is 0.399. The number of rotatable bonds is 6. The number of aryl methyl sites for hydroxylation is 1. The van der Waals surface area contributed by atoms with E-state index < -0.39 is 0 Å². The van der Waals surface area contributed by atoms with Gasteiger partial charge in [-0.3, -0.25) is 0 Å². The summed E-state index contributed by atoms with van der Waals surface area (Å²) in [6.45, 7) is 15.5. The van der Waals surface area contributed by atoms with Crippen molar-refractivity contribution in [3.05, 3.63) is 46.8 Å². The minimum absolute atomic E-state index is 0. The van der Waals surface area contributed by atoms with Crippen molar-refractivity contribution >= 4 is 12.4 Å². The smallest absolute Gasteiger partial charge is 0.0827 e. The molecule has 2 aromatic rings. The van der Waals surface area contributed by atoms with E-state index in [1.54, 1.807) is 0 Å². The molecule has 1 aromatic heterocycles. The molecule has 0 aliphatic rings. The van der Waals surface area contributed by atoms with Crippen LogP contribution >= 0.6 is 12.4 Å². The predicted molar refractivity (Wildman–Crippen MR) is 117 cm³/mol. The van der Waals surface area contributed by atoms with Crippen LogP contribution in [0.5, 0.6) is 0 Å². The number of halogens is 1. The molecule has 0 aliphatic heterocycles. The highest BCUT2D eigenvalue weighted by atomic mass is 35.5. The first kappa shape index (κ1) is 23.6. The molecule has 0 N–H and O–H groups in total. The van der Waals surface area contributed by atoms with Gasteiger partial charge in [0.05, 0.1) is 12.2 Å². The Bertz CT molecular complexity index is 688. The van der Waals surface area contributed by atoms with Gasteiger partial charge in [0.2, 0.25) is 0 Å². The van der Waals surface area contributed by atoms with E-state index in [4.69, 9.17) is 0 Å². The Morgan fingerprint density at radius 3 is 1.96 bits per heavy atom. The third-order valence-corrected chi connectivity index (χ3v) is 4.69. The molecule has 0 saturated carbocycles. The molecule has 2 rings (SSSR count). The first-order chi connectivity index (χ1) is 11.9. The first-order valence-electron chi connectivity index (χ1n) is 9.64. The topological polar surface area (TPSA) is 34.0 Å². The Morgan fingerprint density at radius 1 is 0.926 bits per heavy atom. The van der Waals surface area contributed by atoms with Gasteiger partial charge in [0.25, 0.3) is 0 Å². The van der Waals surface area contributed by atoms with Crippen LogP contribution in [-0.4, -0.2) is 40.5 Å². The summed E-state index contributed by atoms with van der Waals surface area (Å²) in [5.41, 5.74) is 5.41. The molecule has 5 heteroatoms. The van der Waals surface area contributed by atoms with Crippen molar-refractivity contribution in [1.82, 2.24) is 19.9 Å². The second-order valence-electron chi connectivity index (χ2n) is 9.73. The zero-order valence-corrected chi connectivity index (χ0v) is 19.2. The molecule has 1 aromatic carbocycles. The fourth-order valence-electron chi connectivity index (χ4n) is 2.94. The van der Waals surface area contributed by atoms with E-state index in [0.717, 1.165) is 31.6 Å². The van der Waals surface area contributed by atoms with Crippen LogP contribution in [0.25, 0.3) is 0 Å². The normalized spacial score (nSPS) is 12.3. The SMILES string of the molecule is CN(C)CCCc1cn(Cc2cc(C(C)(C)C)cc(C(C)(C)C)c2)nn1.Cl. The highest BCUT2D eigenvalue weighted by molar-refractivity contribution is 5.85. The van der Waals surface area contributed by atoms with Gasteiger partial charge < -0.3 is 4.90 Å². The average Bonchev–Trinajstić information content (AvgIpc) is 2.92. The number of hydrogen-bond acceptors (Lipinski definition) is 3. The van der Waals surface area contributed by atoms with Crippen molar-refractivity contribution in [2.45, 2.75) is 71.8 Å². The quantitative estimate of drug-likeness (QED) is 0.705. The summed E-state index contributed by atoms with van der Waals surface area (Å²) in [5, 5.41) is 8.69. The van der Waals surface area contributed by atoms with Crippen LogP contribution in [0.1, 0.15) is 70.3 Å². The van der Waals surface area contributed by atoms with Gasteiger partial charge in [-0.2, -0.15) is 0 Å². The van der Waals surface area contributed by atoms with Gasteiger partial charge >= 0.3 is 0 Å². The van der Waals surface area contributed by atoms with Crippen LogP contribution in [0, 0.1) is 0 Å². The summed E-state index contributed by atoms with van der Waals surface area (Å²) in [5.74, 6) is 0. The number of hydrogen-bond donors (Lipinski definition) is 0. The van der Waals surface area contributed by atoms with Crippen molar-refractivity contribution in [2.24, 2.45) is 0 Å². The van der Waals surface area contributed by atoms with Crippen molar-refractivity contribution in [3.63, 3.8) is 0 Å². The van der Waals surface area contributed by atoms with Crippen molar-refractivity contribution < 1.29 is 0 Å². The van der Waals surface area contributed by atoms with E-state index in [1.807, 2.05) is 4.68 Å². The molecule has 0 aliphatic carbocycles. The highest BCUT2D eigenvalue weighted by Crippen LogP contribution is 2.30. The molecule has 4 nitrogen and oxygen atoms in total. The molecule has 0 spiro atoms. The Labute approximate surface area is 171 Å². The summed E-state index contributed by atoms with van der Waals surface area (Å²) in [6.07, 6.45) is 4.18. The molecule has 27 heavy (non-hydrogen) atoms. The van der Waals surface area contributed by atoms with E-state index in [-0.39, 0.29) is 23.2 Å². The van der Waals surface area contributed by atoms with Crippen molar-refractivity contribution in [1.29, 1.82) is 0 Å². The van der Waals surface area contributed by atoms with E-state index in [0.29, 0.717) is 0 Å². The number of aromatic nitrogens is 3. The lowest BCUT2D eigenvalue weighted by Gasteiger charge is -2.26. The van der Waals surface area contributed by atoms with Crippen LogP contribution < -0.4 is 0 Å². The Hall–Kier alpha value is -1.39. The first-order valence-corrected chi connectivity index (χ1v) is 9.64. The molecule has 0 amide bonds. The van der Waals surface area contributed by atoms with Crippen molar-refractivity contribution in [2.75, 3.05) is 20.6 Å². The van der Waals surface area contributed by atoms with E-state index >= 15 is 0 Å².